The van der Waals surface area contributed by atoms with E-state index in [0.717, 1.165) is 11.8 Å². The highest BCUT2D eigenvalue weighted by atomic mass is 32.2. The average molecular weight is 392 g/mol. The lowest BCUT2D eigenvalue weighted by molar-refractivity contribution is -0.0608. The predicted molar refractivity (Wildman–Crippen MR) is 102 cm³/mol. The first-order valence-electron chi connectivity index (χ1n) is 8.99. The molecular formula is C19H22F2N4OS. The minimum Gasteiger partial charge on any atom is -0.379 e. The maximum absolute atomic E-state index is 14.6. The number of fused-ring (bicyclic) bond motifs is 1. The van der Waals surface area contributed by atoms with E-state index in [1.54, 1.807) is 0 Å². The quantitative estimate of drug-likeness (QED) is 0.863. The summed E-state index contributed by atoms with van der Waals surface area (Å²) in [4.78, 5) is 4.60. The van der Waals surface area contributed by atoms with E-state index in [-0.39, 0.29) is 24.7 Å². The standard InChI is InChI=1S/C19H22F2N4OS/c1-11(2)25-6-5-16(24-25)17-7-12-9-27-18(22)23-19(12,10-26-17)14-4-3-13(20)8-15(14)21/h3-6,8,11-12,17H,7,9-10H2,1-2H3,(H2,22,23)/t12-,17+,19-/m0/s1. The van der Waals surface area contributed by atoms with Crippen molar-refractivity contribution in [3.8, 4) is 0 Å². The van der Waals surface area contributed by atoms with E-state index in [9.17, 15) is 8.78 Å². The van der Waals surface area contributed by atoms with Gasteiger partial charge in [0, 0.05) is 35.5 Å². The second kappa shape index (κ2) is 6.91. The van der Waals surface area contributed by atoms with E-state index in [1.807, 2.05) is 16.9 Å². The molecule has 27 heavy (non-hydrogen) atoms. The maximum Gasteiger partial charge on any atom is 0.154 e. The third-order valence-electron chi connectivity index (χ3n) is 5.31. The lowest BCUT2D eigenvalue weighted by Gasteiger charge is -2.46. The number of aliphatic imine (C=N–C) groups is 1. The number of hydrogen-bond acceptors (Lipinski definition) is 5. The number of aromatic nitrogens is 2. The minimum atomic E-state index is -0.926. The molecule has 2 aliphatic heterocycles. The molecular weight excluding hydrogens is 370 g/mol. The van der Waals surface area contributed by atoms with Gasteiger partial charge in [-0.1, -0.05) is 17.8 Å². The third-order valence-corrected chi connectivity index (χ3v) is 6.26. The Morgan fingerprint density at radius 3 is 2.85 bits per heavy atom. The van der Waals surface area contributed by atoms with E-state index < -0.39 is 17.2 Å². The van der Waals surface area contributed by atoms with Crippen LogP contribution in [0, 0.1) is 17.6 Å². The van der Waals surface area contributed by atoms with Crippen LogP contribution in [0.3, 0.4) is 0 Å². The van der Waals surface area contributed by atoms with Crippen molar-refractivity contribution >= 4 is 16.9 Å². The van der Waals surface area contributed by atoms with Gasteiger partial charge < -0.3 is 10.5 Å². The molecule has 0 spiro atoms. The van der Waals surface area contributed by atoms with E-state index in [1.165, 1.54) is 23.9 Å². The van der Waals surface area contributed by atoms with Crippen LogP contribution in [0.25, 0.3) is 0 Å². The molecule has 2 N–H and O–H groups in total. The van der Waals surface area contributed by atoms with Crippen molar-refractivity contribution < 1.29 is 13.5 Å². The molecule has 3 atom stereocenters. The number of halogens is 2. The molecule has 0 aliphatic carbocycles. The summed E-state index contributed by atoms with van der Waals surface area (Å²) in [5.74, 6) is -0.510. The largest absolute Gasteiger partial charge is 0.379 e. The summed E-state index contributed by atoms with van der Waals surface area (Å²) in [6.07, 6.45) is 2.41. The summed E-state index contributed by atoms with van der Waals surface area (Å²) in [5, 5.41) is 5.02. The van der Waals surface area contributed by atoms with E-state index >= 15 is 0 Å². The molecule has 1 aromatic heterocycles. The van der Waals surface area contributed by atoms with Crippen LogP contribution in [0.15, 0.2) is 35.5 Å². The van der Waals surface area contributed by atoms with Gasteiger partial charge in [0.1, 0.15) is 23.3 Å². The molecule has 1 aromatic carbocycles. The Labute approximate surface area is 161 Å². The first kappa shape index (κ1) is 18.4. The van der Waals surface area contributed by atoms with E-state index in [2.05, 4.69) is 23.9 Å². The lowest BCUT2D eigenvalue weighted by atomic mass is 9.74. The van der Waals surface area contributed by atoms with Crippen molar-refractivity contribution in [3.63, 3.8) is 0 Å². The number of nitrogens with two attached hydrogens (primary N) is 1. The van der Waals surface area contributed by atoms with Crippen molar-refractivity contribution in [1.82, 2.24) is 9.78 Å². The van der Waals surface area contributed by atoms with Gasteiger partial charge in [-0.15, -0.1) is 0 Å². The van der Waals surface area contributed by atoms with E-state index in [0.29, 0.717) is 22.9 Å². The molecule has 144 valence electrons. The fourth-order valence-electron chi connectivity index (χ4n) is 3.83. The summed E-state index contributed by atoms with van der Waals surface area (Å²) in [7, 11) is 0. The first-order valence-corrected chi connectivity index (χ1v) is 9.98. The molecule has 1 saturated heterocycles. The maximum atomic E-state index is 14.6. The lowest BCUT2D eigenvalue weighted by Crippen LogP contribution is -2.48. The Morgan fingerprint density at radius 2 is 2.15 bits per heavy atom. The van der Waals surface area contributed by atoms with Crippen molar-refractivity contribution in [1.29, 1.82) is 0 Å². The zero-order valence-corrected chi connectivity index (χ0v) is 16.0. The van der Waals surface area contributed by atoms with Gasteiger partial charge in [-0.05, 0) is 32.4 Å². The third kappa shape index (κ3) is 3.25. The SMILES string of the molecule is CC(C)n1ccc([C@H]2C[C@H]3CSC(N)=N[C@@]3(c3ccc(F)cc3F)CO2)n1. The van der Waals surface area contributed by atoms with Crippen molar-refractivity contribution in [2.45, 2.75) is 38.0 Å². The van der Waals surface area contributed by atoms with Gasteiger partial charge in [-0.3, -0.25) is 4.68 Å². The second-order valence-electron chi connectivity index (χ2n) is 7.36. The number of hydrogen-bond donors (Lipinski definition) is 1. The Balaban J connectivity index is 1.68. The summed E-state index contributed by atoms with van der Waals surface area (Å²) in [6.45, 7) is 4.31. The Kier molecular flexibility index (Phi) is 4.71. The van der Waals surface area contributed by atoms with Crippen LogP contribution >= 0.6 is 11.8 Å². The normalized spacial score (nSPS) is 28.1. The molecule has 0 amide bonds. The van der Waals surface area contributed by atoms with Crippen molar-refractivity contribution in [2.75, 3.05) is 12.4 Å². The molecule has 8 heteroatoms. The molecule has 3 heterocycles. The van der Waals surface area contributed by atoms with Crippen molar-refractivity contribution in [3.05, 3.63) is 53.4 Å². The fourth-order valence-corrected chi connectivity index (χ4v) is 4.84. The zero-order valence-electron chi connectivity index (χ0n) is 15.2. The van der Waals surface area contributed by atoms with Gasteiger partial charge in [0.2, 0.25) is 0 Å². The number of nitrogens with zero attached hydrogens (tertiary/aromatic N) is 3. The molecule has 0 radical (unpaired) electrons. The van der Waals surface area contributed by atoms with Gasteiger partial charge in [0.25, 0.3) is 0 Å². The monoisotopic (exact) mass is 392 g/mol. The first-order chi connectivity index (χ1) is 12.9. The fraction of sp³-hybridized carbons (Fsp3) is 0.474. The molecule has 0 unspecified atom stereocenters. The van der Waals surface area contributed by atoms with Crippen molar-refractivity contribution in [2.24, 2.45) is 16.6 Å². The van der Waals surface area contributed by atoms with Gasteiger partial charge in [-0.2, -0.15) is 5.10 Å². The molecule has 2 aromatic rings. The zero-order chi connectivity index (χ0) is 19.2. The van der Waals surface area contributed by atoms with Crippen LogP contribution in [-0.4, -0.2) is 27.3 Å². The van der Waals surface area contributed by atoms with Gasteiger partial charge in [0.15, 0.2) is 5.17 Å². The van der Waals surface area contributed by atoms with E-state index in [4.69, 9.17) is 10.5 Å². The molecule has 1 fully saturated rings. The number of rotatable bonds is 3. The summed E-state index contributed by atoms with van der Waals surface area (Å²) in [5.41, 5.74) is 6.25. The topological polar surface area (TPSA) is 65.4 Å². The molecule has 0 saturated carbocycles. The number of thioether (sulfide) groups is 1. The average Bonchev–Trinajstić information content (AvgIpc) is 3.11. The summed E-state index contributed by atoms with van der Waals surface area (Å²) >= 11 is 1.46. The predicted octanol–water partition coefficient (Wildman–Crippen LogP) is 3.78. The van der Waals surface area contributed by atoms with Crippen LogP contribution in [0.2, 0.25) is 0 Å². The molecule has 4 rings (SSSR count). The van der Waals surface area contributed by atoms with Crippen LogP contribution in [0.1, 0.15) is 43.7 Å². The number of ether oxygens (including phenoxy) is 1. The molecule has 5 nitrogen and oxygen atoms in total. The Bertz CT molecular complexity index is 884. The minimum absolute atomic E-state index is 0.0118. The second-order valence-corrected chi connectivity index (χ2v) is 8.40. The highest BCUT2D eigenvalue weighted by Gasteiger charge is 2.50. The summed E-state index contributed by atoms with van der Waals surface area (Å²) in [6, 6.07) is 5.84. The summed E-state index contributed by atoms with van der Waals surface area (Å²) < 4.78 is 36.0. The smallest absolute Gasteiger partial charge is 0.154 e. The van der Waals surface area contributed by atoms with Gasteiger partial charge >= 0.3 is 0 Å². The van der Waals surface area contributed by atoms with Crippen LogP contribution < -0.4 is 5.73 Å². The highest BCUT2D eigenvalue weighted by molar-refractivity contribution is 8.13. The van der Waals surface area contributed by atoms with Crippen LogP contribution in [-0.2, 0) is 10.3 Å². The highest BCUT2D eigenvalue weighted by Crippen LogP contribution is 2.49. The number of benzene rings is 1. The molecule has 2 aliphatic rings. The van der Waals surface area contributed by atoms with Crippen LogP contribution in [0.5, 0.6) is 0 Å². The number of amidine groups is 1. The molecule has 0 bridgehead atoms. The van der Waals surface area contributed by atoms with Gasteiger partial charge in [-0.25, -0.2) is 13.8 Å². The van der Waals surface area contributed by atoms with Crippen LogP contribution in [0.4, 0.5) is 8.78 Å². The Morgan fingerprint density at radius 1 is 1.33 bits per heavy atom. The Hall–Kier alpha value is -1.93. The van der Waals surface area contributed by atoms with Gasteiger partial charge in [0.05, 0.1) is 12.3 Å².